The molecule has 1 atom stereocenters. The van der Waals surface area contributed by atoms with Gasteiger partial charge in [0.25, 0.3) is 0 Å². The fourth-order valence-electron chi connectivity index (χ4n) is 3.55. The second-order valence-corrected chi connectivity index (χ2v) is 8.62. The number of hydrogen-bond donors (Lipinski definition) is 1. The molecule has 1 aliphatic heterocycles. The largest absolute Gasteiger partial charge is 0.497 e. The SMILES string of the molecule is COc1ccc(OC)c(S(=O)(=O)N2CC[NH+]([C@H](C)c3ccccc3)CC2)c1. The average Bonchev–Trinajstić information content (AvgIpc) is 2.73. The van der Waals surface area contributed by atoms with Gasteiger partial charge in [-0.2, -0.15) is 4.31 Å². The molecule has 0 radical (unpaired) electrons. The molecule has 0 aromatic heterocycles. The number of nitrogens with one attached hydrogen (secondary N) is 1. The summed E-state index contributed by atoms with van der Waals surface area (Å²) in [5.41, 5.74) is 1.28. The van der Waals surface area contributed by atoms with Gasteiger partial charge in [-0.05, 0) is 19.1 Å². The second-order valence-electron chi connectivity index (χ2n) is 6.71. The molecule has 7 heteroatoms. The predicted molar refractivity (Wildman–Crippen MR) is 104 cm³/mol. The summed E-state index contributed by atoms with van der Waals surface area (Å²) in [6.07, 6.45) is 0. The third kappa shape index (κ3) is 4.10. The minimum absolute atomic E-state index is 0.156. The monoisotopic (exact) mass is 391 g/mol. The van der Waals surface area contributed by atoms with E-state index >= 15 is 0 Å². The summed E-state index contributed by atoms with van der Waals surface area (Å²) in [5.74, 6) is 0.833. The Labute approximate surface area is 161 Å². The molecule has 0 bridgehead atoms. The highest BCUT2D eigenvalue weighted by Crippen LogP contribution is 2.30. The third-order valence-corrected chi connectivity index (χ3v) is 7.19. The molecular weight excluding hydrogens is 364 g/mol. The van der Waals surface area contributed by atoms with Crippen molar-refractivity contribution in [2.75, 3.05) is 40.4 Å². The molecule has 0 unspecified atom stereocenters. The van der Waals surface area contributed by atoms with Gasteiger partial charge in [-0.15, -0.1) is 0 Å². The molecule has 2 aromatic carbocycles. The molecule has 6 nitrogen and oxygen atoms in total. The van der Waals surface area contributed by atoms with E-state index in [0.29, 0.717) is 30.6 Å². The first-order chi connectivity index (χ1) is 13.0. The Hall–Kier alpha value is -2.09. The summed E-state index contributed by atoms with van der Waals surface area (Å²) >= 11 is 0. The highest BCUT2D eigenvalue weighted by Gasteiger charge is 2.34. The Kier molecular flexibility index (Phi) is 6.04. The standard InChI is InChI=1S/C20H26N2O4S/c1-16(17-7-5-4-6-8-17)21-11-13-22(14-12-21)27(23,24)20-15-18(25-2)9-10-19(20)26-3/h4-10,15-16H,11-14H2,1-3H3/p+1/t16-/m1/s1. The van der Waals surface area contributed by atoms with Crippen LogP contribution in [-0.4, -0.2) is 53.1 Å². The molecule has 2 aromatic rings. The number of ether oxygens (including phenoxy) is 2. The summed E-state index contributed by atoms with van der Waals surface area (Å²) in [5, 5.41) is 0. The minimum Gasteiger partial charge on any atom is -0.497 e. The van der Waals surface area contributed by atoms with Crippen LogP contribution in [0.1, 0.15) is 18.5 Å². The summed E-state index contributed by atoms with van der Waals surface area (Å²) in [6, 6.07) is 15.5. The van der Waals surface area contributed by atoms with Crippen molar-refractivity contribution in [2.24, 2.45) is 0 Å². The molecule has 146 valence electrons. The maximum Gasteiger partial charge on any atom is 0.247 e. The lowest BCUT2D eigenvalue weighted by Gasteiger charge is -2.35. The van der Waals surface area contributed by atoms with Crippen LogP contribution in [0.2, 0.25) is 0 Å². The summed E-state index contributed by atoms with van der Waals surface area (Å²) in [6.45, 7) is 4.69. The lowest BCUT2D eigenvalue weighted by atomic mass is 10.1. The van der Waals surface area contributed by atoms with Crippen LogP contribution in [-0.2, 0) is 10.0 Å². The zero-order chi connectivity index (χ0) is 19.4. The zero-order valence-electron chi connectivity index (χ0n) is 16.0. The van der Waals surface area contributed by atoms with Gasteiger partial charge >= 0.3 is 0 Å². The van der Waals surface area contributed by atoms with Gasteiger partial charge in [-0.25, -0.2) is 8.42 Å². The molecule has 3 rings (SSSR count). The lowest BCUT2D eigenvalue weighted by Crippen LogP contribution is -3.14. The van der Waals surface area contributed by atoms with Crippen molar-refractivity contribution in [1.29, 1.82) is 0 Å². The maximum atomic E-state index is 13.2. The number of benzene rings is 2. The van der Waals surface area contributed by atoms with Crippen molar-refractivity contribution < 1.29 is 22.8 Å². The van der Waals surface area contributed by atoms with Crippen molar-refractivity contribution in [2.45, 2.75) is 17.9 Å². The molecule has 0 amide bonds. The third-order valence-electron chi connectivity index (χ3n) is 5.27. The summed E-state index contributed by atoms with van der Waals surface area (Å²) < 4.78 is 38.3. The topological polar surface area (TPSA) is 60.3 Å². The molecule has 27 heavy (non-hydrogen) atoms. The number of hydrogen-bond acceptors (Lipinski definition) is 4. The average molecular weight is 392 g/mol. The number of rotatable bonds is 6. The molecule has 0 aliphatic carbocycles. The van der Waals surface area contributed by atoms with Crippen molar-refractivity contribution in [3.8, 4) is 11.5 Å². The van der Waals surface area contributed by atoms with Gasteiger partial charge in [-0.1, -0.05) is 30.3 Å². The van der Waals surface area contributed by atoms with Crippen molar-refractivity contribution >= 4 is 10.0 Å². The minimum atomic E-state index is -3.64. The normalized spacial score (nSPS) is 17.4. The Morgan fingerprint density at radius 3 is 2.26 bits per heavy atom. The van der Waals surface area contributed by atoms with Gasteiger partial charge < -0.3 is 14.4 Å². The highest BCUT2D eigenvalue weighted by atomic mass is 32.2. The summed E-state index contributed by atoms with van der Waals surface area (Å²) in [4.78, 5) is 1.55. The fraction of sp³-hybridized carbons (Fsp3) is 0.400. The van der Waals surface area contributed by atoms with E-state index in [4.69, 9.17) is 9.47 Å². The quantitative estimate of drug-likeness (QED) is 0.808. The first-order valence-electron chi connectivity index (χ1n) is 9.09. The van der Waals surface area contributed by atoms with Crippen LogP contribution in [0.5, 0.6) is 11.5 Å². The van der Waals surface area contributed by atoms with Gasteiger partial charge in [-0.3, -0.25) is 0 Å². The van der Waals surface area contributed by atoms with Gasteiger partial charge in [0.2, 0.25) is 10.0 Å². The van der Waals surface area contributed by atoms with Crippen LogP contribution >= 0.6 is 0 Å². The van der Waals surface area contributed by atoms with Crippen molar-refractivity contribution in [1.82, 2.24) is 4.31 Å². The van der Waals surface area contributed by atoms with E-state index in [2.05, 4.69) is 19.1 Å². The first kappa shape index (κ1) is 19.7. The van der Waals surface area contributed by atoms with Crippen LogP contribution in [0, 0.1) is 0 Å². The predicted octanol–water partition coefficient (Wildman–Crippen LogP) is 1.35. The van der Waals surface area contributed by atoms with Crippen molar-refractivity contribution in [3.05, 3.63) is 54.1 Å². The number of nitrogens with zero attached hydrogens (tertiary/aromatic N) is 1. The van der Waals surface area contributed by atoms with E-state index in [1.807, 2.05) is 18.2 Å². The Balaban J connectivity index is 1.75. The van der Waals surface area contributed by atoms with E-state index in [1.54, 1.807) is 16.4 Å². The Morgan fingerprint density at radius 1 is 1.00 bits per heavy atom. The highest BCUT2D eigenvalue weighted by molar-refractivity contribution is 7.89. The molecular formula is C20H27N2O4S+. The van der Waals surface area contributed by atoms with Gasteiger partial charge in [0.1, 0.15) is 22.4 Å². The fourth-order valence-corrected chi connectivity index (χ4v) is 5.16. The molecule has 1 heterocycles. The second kappa shape index (κ2) is 8.29. The van der Waals surface area contributed by atoms with Crippen LogP contribution < -0.4 is 14.4 Å². The van der Waals surface area contributed by atoms with Crippen LogP contribution in [0.15, 0.2) is 53.4 Å². The molecule has 1 N–H and O–H groups in total. The summed E-state index contributed by atoms with van der Waals surface area (Å²) in [7, 11) is -0.640. The Bertz CT molecular complexity index is 863. The van der Waals surface area contributed by atoms with E-state index < -0.39 is 10.0 Å². The van der Waals surface area contributed by atoms with Gasteiger partial charge in [0.05, 0.1) is 40.4 Å². The zero-order valence-corrected chi connectivity index (χ0v) is 16.8. The number of methoxy groups -OCH3 is 2. The van der Waals surface area contributed by atoms with Crippen LogP contribution in [0.25, 0.3) is 0 Å². The lowest BCUT2D eigenvalue weighted by molar-refractivity contribution is -0.933. The Morgan fingerprint density at radius 2 is 1.67 bits per heavy atom. The molecule has 0 saturated carbocycles. The number of sulfonamides is 1. The van der Waals surface area contributed by atoms with E-state index in [9.17, 15) is 8.42 Å². The molecule has 1 fully saturated rings. The van der Waals surface area contributed by atoms with Gasteiger partial charge in [0, 0.05) is 11.6 Å². The van der Waals surface area contributed by atoms with Crippen LogP contribution in [0.4, 0.5) is 0 Å². The van der Waals surface area contributed by atoms with Crippen molar-refractivity contribution in [3.63, 3.8) is 0 Å². The van der Waals surface area contributed by atoms with E-state index in [-0.39, 0.29) is 4.90 Å². The first-order valence-corrected chi connectivity index (χ1v) is 10.5. The molecule has 0 spiro atoms. The number of piperazine rings is 1. The van der Waals surface area contributed by atoms with E-state index in [1.165, 1.54) is 30.7 Å². The van der Waals surface area contributed by atoms with Gasteiger partial charge in [0.15, 0.2) is 0 Å². The van der Waals surface area contributed by atoms with E-state index in [0.717, 1.165) is 13.1 Å². The van der Waals surface area contributed by atoms with Crippen LogP contribution in [0.3, 0.4) is 0 Å². The maximum absolute atomic E-state index is 13.2. The number of quaternary nitrogens is 1. The smallest absolute Gasteiger partial charge is 0.247 e. The molecule has 1 aliphatic rings. The molecule has 1 saturated heterocycles.